The van der Waals surface area contributed by atoms with E-state index in [2.05, 4.69) is 11.4 Å². The largest absolute Gasteiger partial charge is 0.481 e. The molecule has 1 atom stereocenters. The van der Waals surface area contributed by atoms with Crippen LogP contribution in [0.4, 0.5) is 5.69 Å². The fourth-order valence-electron chi connectivity index (χ4n) is 1.91. The lowest BCUT2D eigenvalue weighted by molar-refractivity contribution is -0.137. The second-order valence-electron chi connectivity index (χ2n) is 3.60. The topological polar surface area (TPSA) is 49.3 Å². The molecule has 2 N–H and O–H groups in total. The molecule has 1 aliphatic rings. The first kappa shape index (κ1) is 9.06. The Balaban J connectivity index is 2.07. The zero-order valence-electron chi connectivity index (χ0n) is 7.86. The first-order valence-corrected chi connectivity index (χ1v) is 4.82. The van der Waals surface area contributed by atoms with Crippen molar-refractivity contribution in [2.24, 2.45) is 0 Å². The van der Waals surface area contributed by atoms with Crippen LogP contribution in [-0.2, 0) is 4.79 Å². The second-order valence-corrected chi connectivity index (χ2v) is 3.60. The van der Waals surface area contributed by atoms with Crippen molar-refractivity contribution < 1.29 is 9.90 Å². The van der Waals surface area contributed by atoms with Crippen molar-refractivity contribution in [1.29, 1.82) is 0 Å². The van der Waals surface area contributed by atoms with Gasteiger partial charge in [0.2, 0.25) is 0 Å². The van der Waals surface area contributed by atoms with Crippen LogP contribution in [0.25, 0.3) is 0 Å². The summed E-state index contributed by atoms with van der Waals surface area (Å²) in [6, 6.07) is 8.10. The van der Waals surface area contributed by atoms with Gasteiger partial charge < -0.3 is 10.4 Å². The average molecular weight is 191 g/mol. The number of carboxylic acids is 1. The third-order valence-corrected chi connectivity index (χ3v) is 2.65. The summed E-state index contributed by atoms with van der Waals surface area (Å²) in [7, 11) is 0. The molecule has 0 spiro atoms. The normalized spacial score (nSPS) is 18.7. The van der Waals surface area contributed by atoms with Crippen molar-refractivity contribution in [3.63, 3.8) is 0 Å². The lowest BCUT2D eigenvalue weighted by Gasteiger charge is -2.07. The zero-order valence-corrected chi connectivity index (χ0v) is 7.86. The molecule has 1 aromatic rings. The number of rotatable bonds is 3. The van der Waals surface area contributed by atoms with Crippen LogP contribution in [0.15, 0.2) is 24.3 Å². The van der Waals surface area contributed by atoms with Gasteiger partial charge in [-0.15, -0.1) is 0 Å². The Hall–Kier alpha value is -1.51. The first-order chi connectivity index (χ1) is 6.77. The molecule has 1 aliphatic heterocycles. The van der Waals surface area contributed by atoms with E-state index in [-0.39, 0.29) is 6.42 Å². The molecule has 0 aliphatic carbocycles. The number of carboxylic acid groups (broad SMARTS) is 1. The maximum Gasteiger partial charge on any atom is 0.303 e. The number of fused-ring (bicyclic) bond motifs is 1. The molecule has 1 unspecified atom stereocenters. The molecule has 3 heteroatoms. The number of aliphatic carboxylic acids is 1. The SMILES string of the molecule is O=C(O)CCC1CNc2ccccc21. The van der Waals surface area contributed by atoms with E-state index in [0.29, 0.717) is 5.92 Å². The van der Waals surface area contributed by atoms with E-state index in [1.807, 2.05) is 18.2 Å². The Labute approximate surface area is 82.8 Å². The highest BCUT2D eigenvalue weighted by Crippen LogP contribution is 2.33. The summed E-state index contributed by atoms with van der Waals surface area (Å²) >= 11 is 0. The molecule has 1 heterocycles. The van der Waals surface area contributed by atoms with Gasteiger partial charge in [-0.05, 0) is 18.1 Å². The van der Waals surface area contributed by atoms with E-state index in [1.165, 1.54) is 5.56 Å². The van der Waals surface area contributed by atoms with Crippen LogP contribution in [0.3, 0.4) is 0 Å². The Kier molecular flexibility index (Phi) is 2.39. The number of anilines is 1. The Morgan fingerprint density at radius 3 is 3.07 bits per heavy atom. The number of hydrogen-bond acceptors (Lipinski definition) is 2. The smallest absolute Gasteiger partial charge is 0.303 e. The van der Waals surface area contributed by atoms with Crippen LogP contribution in [0, 0.1) is 0 Å². The summed E-state index contributed by atoms with van der Waals surface area (Å²) in [6.45, 7) is 0.868. The minimum atomic E-state index is -0.714. The van der Waals surface area contributed by atoms with Gasteiger partial charge in [-0.2, -0.15) is 0 Å². The van der Waals surface area contributed by atoms with Gasteiger partial charge in [0, 0.05) is 24.6 Å². The number of hydrogen-bond donors (Lipinski definition) is 2. The molecule has 2 rings (SSSR count). The summed E-state index contributed by atoms with van der Waals surface area (Å²) in [5.74, 6) is -0.350. The molecule has 0 aromatic heterocycles. The molecule has 74 valence electrons. The van der Waals surface area contributed by atoms with E-state index in [0.717, 1.165) is 18.7 Å². The van der Waals surface area contributed by atoms with E-state index in [1.54, 1.807) is 0 Å². The standard InChI is InChI=1S/C11H13NO2/c13-11(14)6-5-8-7-12-10-4-2-1-3-9(8)10/h1-4,8,12H,5-7H2,(H,13,14). The van der Waals surface area contributed by atoms with E-state index < -0.39 is 5.97 Å². The summed E-state index contributed by atoms with van der Waals surface area (Å²) in [5, 5.41) is 11.9. The van der Waals surface area contributed by atoms with Crippen LogP contribution in [-0.4, -0.2) is 17.6 Å². The predicted octanol–water partition coefficient (Wildman–Crippen LogP) is 2.06. The molecule has 0 fully saturated rings. The van der Waals surface area contributed by atoms with Crippen LogP contribution >= 0.6 is 0 Å². The van der Waals surface area contributed by atoms with Crippen molar-refractivity contribution in [3.05, 3.63) is 29.8 Å². The van der Waals surface area contributed by atoms with Crippen LogP contribution < -0.4 is 5.32 Å². The van der Waals surface area contributed by atoms with Gasteiger partial charge in [-0.1, -0.05) is 18.2 Å². The summed E-state index contributed by atoms with van der Waals surface area (Å²) in [5.41, 5.74) is 2.41. The number of carbonyl (C=O) groups is 1. The number of benzene rings is 1. The molecule has 3 nitrogen and oxygen atoms in total. The Morgan fingerprint density at radius 2 is 2.29 bits per heavy atom. The maximum absolute atomic E-state index is 10.4. The average Bonchev–Trinajstić information content (AvgIpc) is 2.58. The molecule has 0 bridgehead atoms. The molecule has 0 radical (unpaired) electrons. The summed E-state index contributed by atoms with van der Waals surface area (Å²) in [6.07, 6.45) is 0.972. The minimum absolute atomic E-state index is 0.251. The maximum atomic E-state index is 10.4. The first-order valence-electron chi connectivity index (χ1n) is 4.82. The number of para-hydroxylation sites is 1. The molecule has 0 saturated carbocycles. The van der Waals surface area contributed by atoms with Gasteiger partial charge in [0.25, 0.3) is 0 Å². The molecule has 14 heavy (non-hydrogen) atoms. The van der Waals surface area contributed by atoms with Crippen molar-refractivity contribution in [2.45, 2.75) is 18.8 Å². The fourth-order valence-corrected chi connectivity index (χ4v) is 1.91. The molecular formula is C11H13NO2. The molecule has 0 saturated heterocycles. The number of nitrogens with one attached hydrogen (secondary N) is 1. The predicted molar refractivity (Wildman–Crippen MR) is 54.5 cm³/mol. The second kappa shape index (κ2) is 3.70. The Morgan fingerprint density at radius 1 is 1.50 bits per heavy atom. The van der Waals surface area contributed by atoms with Gasteiger partial charge in [0.15, 0.2) is 0 Å². The van der Waals surface area contributed by atoms with Crippen molar-refractivity contribution >= 4 is 11.7 Å². The van der Waals surface area contributed by atoms with Gasteiger partial charge >= 0.3 is 5.97 Å². The lowest BCUT2D eigenvalue weighted by atomic mass is 9.96. The van der Waals surface area contributed by atoms with E-state index in [4.69, 9.17) is 5.11 Å². The highest BCUT2D eigenvalue weighted by Gasteiger charge is 2.21. The third kappa shape index (κ3) is 1.71. The van der Waals surface area contributed by atoms with Crippen LogP contribution in [0.2, 0.25) is 0 Å². The van der Waals surface area contributed by atoms with Gasteiger partial charge in [-0.3, -0.25) is 4.79 Å². The van der Waals surface area contributed by atoms with E-state index >= 15 is 0 Å². The van der Waals surface area contributed by atoms with E-state index in [9.17, 15) is 4.79 Å². The molecular weight excluding hydrogens is 178 g/mol. The summed E-state index contributed by atoms with van der Waals surface area (Å²) < 4.78 is 0. The highest BCUT2D eigenvalue weighted by atomic mass is 16.4. The van der Waals surface area contributed by atoms with Crippen molar-refractivity contribution in [2.75, 3.05) is 11.9 Å². The highest BCUT2D eigenvalue weighted by molar-refractivity contribution is 5.67. The lowest BCUT2D eigenvalue weighted by Crippen LogP contribution is -2.05. The fraction of sp³-hybridized carbons (Fsp3) is 0.364. The van der Waals surface area contributed by atoms with Gasteiger partial charge in [-0.25, -0.2) is 0 Å². The minimum Gasteiger partial charge on any atom is -0.481 e. The summed E-state index contributed by atoms with van der Waals surface area (Å²) in [4.78, 5) is 10.4. The van der Waals surface area contributed by atoms with Crippen LogP contribution in [0.1, 0.15) is 24.3 Å². The molecule has 1 aromatic carbocycles. The monoisotopic (exact) mass is 191 g/mol. The zero-order chi connectivity index (χ0) is 9.97. The van der Waals surface area contributed by atoms with Crippen LogP contribution in [0.5, 0.6) is 0 Å². The van der Waals surface area contributed by atoms with Crippen molar-refractivity contribution in [1.82, 2.24) is 0 Å². The quantitative estimate of drug-likeness (QED) is 0.768. The van der Waals surface area contributed by atoms with Gasteiger partial charge in [0.1, 0.15) is 0 Å². The third-order valence-electron chi connectivity index (χ3n) is 2.65. The van der Waals surface area contributed by atoms with Crippen molar-refractivity contribution in [3.8, 4) is 0 Å². The van der Waals surface area contributed by atoms with Gasteiger partial charge in [0.05, 0.1) is 0 Å². The molecule has 0 amide bonds. The Bertz CT molecular complexity index is 349.